The molecule has 0 fully saturated rings. The first-order valence-corrected chi connectivity index (χ1v) is 9.54. The van der Waals surface area contributed by atoms with E-state index in [1.165, 1.54) is 36.4 Å². The number of nitrogens with one attached hydrogen (secondary N) is 2. The Bertz CT molecular complexity index is 1010. The summed E-state index contributed by atoms with van der Waals surface area (Å²) >= 11 is 4.22. The van der Waals surface area contributed by atoms with E-state index in [9.17, 15) is 19.1 Å². The van der Waals surface area contributed by atoms with Crippen molar-refractivity contribution >= 4 is 36.1 Å². The maximum atomic E-state index is 12.9. The van der Waals surface area contributed by atoms with Crippen LogP contribution in [0.3, 0.4) is 0 Å². The number of thiol groups is 1. The Morgan fingerprint density at radius 2 is 1.57 bits per heavy atom. The summed E-state index contributed by atoms with van der Waals surface area (Å²) in [6.45, 7) is 0.377. The number of aromatic hydroxyl groups is 1. The molecule has 3 N–H and O–H groups in total. The number of nitrogens with zero attached hydrogens (tertiary/aromatic N) is 1. The maximum absolute atomic E-state index is 12.9. The molecule has 154 valence electrons. The first kappa shape index (κ1) is 21.2. The van der Waals surface area contributed by atoms with Gasteiger partial charge in [0.05, 0.1) is 5.69 Å². The lowest BCUT2D eigenvalue weighted by molar-refractivity contribution is 0.102. The van der Waals surface area contributed by atoms with E-state index in [0.29, 0.717) is 29.9 Å². The summed E-state index contributed by atoms with van der Waals surface area (Å²) in [4.78, 5) is 24.5. The molecule has 0 aliphatic heterocycles. The molecule has 0 unspecified atom stereocenters. The van der Waals surface area contributed by atoms with Crippen LogP contribution in [0.4, 0.5) is 20.6 Å². The largest absolute Gasteiger partial charge is 0.508 e. The van der Waals surface area contributed by atoms with Crippen LogP contribution >= 0.6 is 12.8 Å². The normalized spacial score (nSPS) is 10.3. The van der Waals surface area contributed by atoms with E-state index in [-0.39, 0.29) is 17.5 Å². The number of phenols is 1. The molecule has 0 aromatic heterocycles. The summed E-state index contributed by atoms with van der Waals surface area (Å²) in [6.07, 6.45) is 0.565. The molecule has 0 saturated heterocycles. The number of halogens is 1. The summed E-state index contributed by atoms with van der Waals surface area (Å²) < 4.78 is 14.1. The fourth-order valence-electron chi connectivity index (χ4n) is 2.66. The van der Waals surface area contributed by atoms with Crippen LogP contribution in [0.25, 0.3) is 0 Å². The molecule has 0 radical (unpaired) electrons. The number of urea groups is 1. The molecule has 0 aliphatic carbocycles. The number of rotatable bonds is 6. The number of hydrogen-bond acceptors (Lipinski definition) is 4. The maximum Gasteiger partial charge on any atom is 0.331 e. The lowest BCUT2D eigenvalue weighted by Crippen LogP contribution is -2.35. The number of carbonyl (C=O) groups excluding carboxylic acids is 2. The quantitative estimate of drug-likeness (QED) is 0.442. The number of benzene rings is 3. The van der Waals surface area contributed by atoms with Gasteiger partial charge in [0.15, 0.2) is 0 Å². The number of hydrogen-bond donors (Lipinski definition) is 4. The Kier molecular flexibility index (Phi) is 6.92. The number of phenolic OH excluding ortho intramolecular Hbond substituents is 1. The second-order valence-corrected chi connectivity index (χ2v) is 6.87. The van der Waals surface area contributed by atoms with E-state index in [1.807, 2.05) is 0 Å². The predicted molar refractivity (Wildman–Crippen MR) is 117 cm³/mol. The third-order valence-electron chi connectivity index (χ3n) is 4.29. The minimum absolute atomic E-state index is 0.0840. The second kappa shape index (κ2) is 9.80. The number of amides is 3. The zero-order valence-corrected chi connectivity index (χ0v) is 16.8. The zero-order valence-electron chi connectivity index (χ0n) is 15.9. The average molecular weight is 425 g/mol. The third kappa shape index (κ3) is 5.74. The lowest BCUT2D eigenvalue weighted by atomic mass is 10.1. The molecule has 0 aliphatic rings. The van der Waals surface area contributed by atoms with Crippen LogP contribution in [0.1, 0.15) is 15.9 Å². The van der Waals surface area contributed by atoms with Crippen LogP contribution in [0.15, 0.2) is 72.8 Å². The molecule has 3 amide bonds. The molecule has 8 heteroatoms. The van der Waals surface area contributed by atoms with E-state index in [0.717, 1.165) is 9.87 Å². The van der Waals surface area contributed by atoms with Gasteiger partial charge in [0.2, 0.25) is 0 Å². The fourth-order valence-corrected chi connectivity index (χ4v) is 2.86. The van der Waals surface area contributed by atoms with Gasteiger partial charge in [-0.3, -0.25) is 4.79 Å². The lowest BCUT2D eigenvalue weighted by Gasteiger charge is -2.17. The molecule has 0 saturated carbocycles. The van der Waals surface area contributed by atoms with Crippen molar-refractivity contribution in [3.05, 3.63) is 89.7 Å². The molecule has 3 rings (SSSR count). The minimum Gasteiger partial charge on any atom is -0.508 e. The van der Waals surface area contributed by atoms with Gasteiger partial charge in [0, 0.05) is 17.8 Å². The summed E-state index contributed by atoms with van der Waals surface area (Å²) in [5.41, 5.74) is 2.40. The first-order valence-electron chi connectivity index (χ1n) is 9.14. The van der Waals surface area contributed by atoms with Crippen LogP contribution in [-0.4, -0.2) is 23.6 Å². The van der Waals surface area contributed by atoms with Gasteiger partial charge in [-0.15, -0.1) is 0 Å². The molecular formula is C22H20FN3O3S. The first-order chi connectivity index (χ1) is 14.4. The van der Waals surface area contributed by atoms with Crippen LogP contribution in [0, 0.1) is 5.82 Å². The van der Waals surface area contributed by atoms with Gasteiger partial charge in [0.25, 0.3) is 5.91 Å². The van der Waals surface area contributed by atoms with Crippen molar-refractivity contribution in [3.8, 4) is 5.75 Å². The number of anilines is 2. The van der Waals surface area contributed by atoms with Gasteiger partial charge >= 0.3 is 6.03 Å². The standard InChI is InChI=1S/C22H20FN3O3S/c23-17-5-1-15(2-6-17)13-14-24-22(29)26(30)19-9-7-18(8-10-19)25-21(28)16-3-11-20(27)12-4-16/h1-12,27,30H,13-14H2,(H,24,29)(H,25,28). The van der Waals surface area contributed by atoms with Gasteiger partial charge in [-0.25, -0.2) is 13.5 Å². The molecular weight excluding hydrogens is 405 g/mol. The molecule has 0 spiro atoms. The van der Waals surface area contributed by atoms with Crippen molar-refractivity contribution in [2.24, 2.45) is 0 Å². The van der Waals surface area contributed by atoms with Crippen LogP contribution in [-0.2, 0) is 6.42 Å². The van der Waals surface area contributed by atoms with Crippen LogP contribution < -0.4 is 14.9 Å². The highest BCUT2D eigenvalue weighted by Gasteiger charge is 2.12. The van der Waals surface area contributed by atoms with Gasteiger partial charge < -0.3 is 15.7 Å². The van der Waals surface area contributed by atoms with Gasteiger partial charge in [-0.2, -0.15) is 0 Å². The smallest absolute Gasteiger partial charge is 0.331 e. The Morgan fingerprint density at radius 1 is 0.933 bits per heavy atom. The van der Waals surface area contributed by atoms with Crippen molar-refractivity contribution in [2.75, 3.05) is 16.2 Å². The topological polar surface area (TPSA) is 81.7 Å². The van der Waals surface area contributed by atoms with Crippen molar-refractivity contribution in [3.63, 3.8) is 0 Å². The highest BCUT2D eigenvalue weighted by atomic mass is 32.1. The molecule has 0 heterocycles. The third-order valence-corrected chi connectivity index (χ3v) is 4.71. The zero-order chi connectivity index (χ0) is 21.5. The Balaban J connectivity index is 1.51. The summed E-state index contributed by atoms with van der Waals surface area (Å²) in [7, 11) is 0. The van der Waals surface area contributed by atoms with Crippen LogP contribution in [0.5, 0.6) is 5.75 Å². The molecule has 30 heavy (non-hydrogen) atoms. The van der Waals surface area contributed by atoms with E-state index < -0.39 is 6.03 Å². The molecule has 0 atom stereocenters. The highest BCUT2D eigenvalue weighted by molar-refractivity contribution is 7.82. The van der Waals surface area contributed by atoms with Gasteiger partial charge in [-0.05, 0) is 72.6 Å². The molecule has 3 aromatic carbocycles. The van der Waals surface area contributed by atoms with Crippen molar-refractivity contribution < 1.29 is 19.1 Å². The SMILES string of the molecule is O=C(Nc1ccc(N(S)C(=O)NCCc2ccc(F)cc2)cc1)c1ccc(O)cc1. The molecule has 0 bridgehead atoms. The highest BCUT2D eigenvalue weighted by Crippen LogP contribution is 2.20. The number of carbonyl (C=O) groups is 2. The Morgan fingerprint density at radius 3 is 2.20 bits per heavy atom. The van der Waals surface area contributed by atoms with Gasteiger partial charge in [0.1, 0.15) is 11.6 Å². The monoisotopic (exact) mass is 425 g/mol. The minimum atomic E-state index is -0.402. The van der Waals surface area contributed by atoms with Crippen LogP contribution in [0.2, 0.25) is 0 Å². The predicted octanol–water partition coefficient (Wildman–Crippen LogP) is 4.39. The van der Waals surface area contributed by atoms with Crippen molar-refractivity contribution in [1.82, 2.24) is 5.32 Å². The average Bonchev–Trinajstić information content (AvgIpc) is 2.75. The summed E-state index contributed by atoms with van der Waals surface area (Å²) in [5.74, 6) is -0.531. The van der Waals surface area contributed by atoms with Crippen molar-refractivity contribution in [1.29, 1.82) is 0 Å². The fraction of sp³-hybridized carbons (Fsp3) is 0.0909. The van der Waals surface area contributed by atoms with E-state index in [1.54, 1.807) is 36.4 Å². The van der Waals surface area contributed by atoms with E-state index >= 15 is 0 Å². The summed E-state index contributed by atoms with van der Waals surface area (Å²) in [5, 5.41) is 14.8. The van der Waals surface area contributed by atoms with E-state index in [2.05, 4.69) is 23.4 Å². The second-order valence-electron chi connectivity index (χ2n) is 6.47. The Labute approximate surface area is 178 Å². The van der Waals surface area contributed by atoms with Crippen molar-refractivity contribution in [2.45, 2.75) is 6.42 Å². The van der Waals surface area contributed by atoms with E-state index in [4.69, 9.17) is 0 Å². The Hall–Kier alpha value is -3.52. The molecule has 3 aromatic rings. The van der Waals surface area contributed by atoms with Gasteiger partial charge in [-0.1, -0.05) is 24.9 Å². The summed E-state index contributed by atoms with van der Waals surface area (Å²) in [6, 6.07) is 18.2. The molecule has 6 nitrogen and oxygen atoms in total.